The lowest BCUT2D eigenvalue weighted by atomic mass is 9.87. The summed E-state index contributed by atoms with van der Waals surface area (Å²) >= 11 is 0. The third-order valence-corrected chi connectivity index (χ3v) is 6.60. The second-order valence-electron chi connectivity index (χ2n) is 8.58. The van der Waals surface area contributed by atoms with Gasteiger partial charge in [-0.1, -0.05) is 6.07 Å². The summed E-state index contributed by atoms with van der Waals surface area (Å²) in [6, 6.07) is 8.16. The number of rotatable bonds is 3. The SMILES string of the molecule is COc1ccc2c(c1)C1(CC1)CN(C(=O)Nc1cc(C3CCCOC3)nn1C)C2. The Kier molecular flexibility index (Phi) is 4.50. The van der Waals surface area contributed by atoms with Gasteiger partial charge in [0.25, 0.3) is 0 Å². The van der Waals surface area contributed by atoms with E-state index in [-0.39, 0.29) is 11.4 Å². The molecule has 1 N–H and O–H groups in total. The maximum Gasteiger partial charge on any atom is 0.323 e. The molecule has 2 amide bonds. The van der Waals surface area contributed by atoms with Gasteiger partial charge in [0.2, 0.25) is 0 Å². The van der Waals surface area contributed by atoms with Gasteiger partial charge in [-0.15, -0.1) is 0 Å². The van der Waals surface area contributed by atoms with Crippen LogP contribution in [0.2, 0.25) is 0 Å². The van der Waals surface area contributed by atoms with Crippen molar-refractivity contribution in [2.45, 2.75) is 43.6 Å². The molecule has 0 radical (unpaired) electrons. The predicted octanol–water partition coefficient (Wildman–Crippen LogP) is 3.40. The van der Waals surface area contributed by atoms with E-state index in [1.54, 1.807) is 11.8 Å². The Morgan fingerprint density at radius 3 is 2.93 bits per heavy atom. The van der Waals surface area contributed by atoms with Crippen molar-refractivity contribution in [3.63, 3.8) is 0 Å². The molecule has 7 heteroatoms. The Balaban J connectivity index is 1.32. The number of nitrogens with one attached hydrogen (secondary N) is 1. The third-order valence-electron chi connectivity index (χ3n) is 6.60. The first-order chi connectivity index (χ1) is 14.1. The number of aromatic nitrogens is 2. The fraction of sp³-hybridized carbons (Fsp3) is 0.545. The summed E-state index contributed by atoms with van der Waals surface area (Å²) in [6.45, 7) is 2.91. The summed E-state index contributed by atoms with van der Waals surface area (Å²) in [5, 5.41) is 7.70. The first-order valence-electron chi connectivity index (χ1n) is 10.4. The molecular weight excluding hydrogens is 368 g/mol. The minimum absolute atomic E-state index is 0.0628. The number of hydrogen-bond acceptors (Lipinski definition) is 4. The maximum atomic E-state index is 13.1. The van der Waals surface area contributed by atoms with Gasteiger partial charge >= 0.3 is 6.03 Å². The smallest absolute Gasteiger partial charge is 0.323 e. The first kappa shape index (κ1) is 18.5. The highest BCUT2D eigenvalue weighted by molar-refractivity contribution is 5.89. The van der Waals surface area contributed by atoms with E-state index in [1.165, 1.54) is 11.1 Å². The van der Waals surface area contributed by atoms with Gasteiger partial charge in [-0.05, 0) is 48.9 Å². The van der Waals surface area contributed by atoms with Crippen LogP contribution in [0.1, 0.15) is 48.4 Å². The summed E-state index contributed by atoms with van der Waals surface area (Å²) in [7, 11) is 3.58. The molecule has 7 nitrogen and oxygen atoms in total. The van der Waals surface area contributed by atoms with Crippen LogP contribution in [0.3, 0.4) is 0 Å². The zero-order chi connectivity index (χ0) is 20.0. The molecule has 3 aliphatic rings. The number of hydrogen-bond donors (Lipinski definition) is 1. The topological polar surface area (TPSA) is 68.6 Å². The minimum atomic E-state index is -0.0628. The second-order valence-corrected chi connectivity index (χ2v) is 8.58. The standard InChI is InChI=1S/C22H28N4O3/c1-25-20(11-19(24-25)16-4-3-9-29-13-16)23-21(27)26-12-15-5-6-17(28-2)10-18(15)22(14-26)7-8-22/h5-6,10-11,16H,3-4,7-9,12-14H2,1-2H3,(H,23,27). The average molecular weight is 396 g/mol. The van der Waals surface area contributed by atoms with Gasteiger partial charge in [0.1, 0.15) is 11.6 Å². The molecule has 29 heavy (non-hydrogen) atoms. The fourth-order valence-corrected chi connectivity index (χ4v) is 4.72. The van der Waals surface area contributed by atoms with Gasteiger partial charge in [0.05, 0.1) is 19.4 Å². The van der Waals surface area contributed by atoms with E-state index in [1.807, 2.05) is 24.1 Å². The van der Waals surface area contributed by atoms with Crippen molar-refractivity contribution in [3.8, 4) is 5.75 Å². The van der Waals surface area contributed by atoms with Crippen LogP contribution in [0.25, 0.3) is 0 Å². The van der Waals surface area contributed by atoms with Crippen molar-refractivity contribution in [1.29, 1.82) is 0 Å². The molecule has 1 aromatic carbocycles. The van der Waals surface area contributed by atoms with E-state index in [0.717, 1.165) is 56.1 Å². The molecule has 5 rings (SSSR count). The summed E-state index contributed by atoms with van der Waals surface area (Å²) < 4.78 is 12.8. The Bertz CT molecular complexity index is 928. The number of amides is 2. The lowest BCUT2D eigenvalue weighted by molar-refractivity contribution is 0.0791. The highest BCUT2D eigenvalue weighted by Gasteiger charge is 2.50. The van der Waals surface area contributed by atoms with Crippen LogP contribution < -0.4 is 10.1 Å². The number of aryl methyl sites for hydroxylation is 1. The highest BCUT2D eigenvalue weighted by Crippen LogP contribution is 2.53. The lowest BCUT2D eigenvalue weighted by Gasteiger charge is -2.35. The van der Waals surface area contributed by atoms with E-state index < -0.39 is 0 Å². The number of fused-ring (bicyclic) bond motifs is 2. The Morgan fingerprint density at radius 2 is 2.21 bits per heavy atom. The van der Waals surface area contributed by atoms with Crippen LogP contribution >= 0.6 is 0 Å². The number of urea groups is 1. The normalized spacial score (nSPS) is 22.3. The molecule has 1 unspecified atom stereocenters. The molecule has 2 aliphatic heterocycles. The highest BCUT2D eigenvalue weighted by atomic mass is 16.5. The molecule has 1 saturated heterocycles. The monoisotopic (exact) mass is 396 g/mol. The van der Waals surface area contributed by atoms with Crippen LogP contribution in [0.15, 0.2) is 24.3 Å². The quantitative estimate of drug-likeness (QED) is 0.863. The number of methoxy groups -OCH3 is 1. The lowest BCUT2D eigenvalue weighted by Crippen LogP contribution is -2.44. The summed E-state index contributed by atoms with van der Waals surface area (Å²) in [4.78, 5) is 15.0. The molecule has 0 bridgehead atoms. The Morgan fingerprint density at radius 1 is 1.34 bits per heavy atom. The van der Waals surface area contributed by atoms with Crippen LogP contribution in [-0.2, 0) is 23.7 Å². The second kappa shape index (κ2) is 7.06. The number of nitrogens with zero attached hydrogens (tertiary/aromatic N) is 3. The van der Waals surface area contributed by atoms with Crippen molar-refractivity contribution < 1.29 is 14.3 Å². The number of benzene rings is 1. The van der Waals surface area contributed by atoms with Crippen molar-refractivity contribution in [2.75, 3.05) is 32.2 Å². The van der Waals surface area contributed by atoms with Crippen molar-refractivity contribution in [2.24, 2.45) is 7.05 Å². The number of ether oxygens (including phenoxy) is 2. The number of anilines is 1. The number of carbonyl (C=O) groups excluding carboxylic acids is 1. The van der Waals surface area contributed by atoms with E-state index >= 15 is 0 Å². The van der Waals surface area contributed by atoms with Gasteiger partial charge in [-0.2, -0.15) is 5.10 Å². The summed E-state index contributed by atoms with van der Waals surface area (Å²) in [6.07, 6.45) is 4.38. The van der Waals surface area contributed by atoms with Crippen molar-refractivity contribution >= 4 is 11.8 Å². The van der Waals surface area contributed by atoms with Gasteiger partial charge in [0, 0.05) is 44.1 Å². The van der Waals surface area contributed by atoms with E-state index in [4.69, 9.17) is 9.47 Å². The van der Waals surface area contributed by atoms with Gasteiger partial charge in [-0.25, -0.2) is 4.79 Å². The third kappa shape index (κ3) is 3.37. The van der Waals surface area contributed by atoms with Crippen LogP contribution in [-0.4, -0.2) is 47.6 Å². The van der Waals surface area contributed by atoms with Gasteiger partial charge in [-0.3, -0.25) is 10.00 Å². The maximum absolute atomic E-state index is 13.1. The van der Waals surface area contributed by atoms with Gasteiger partial charge in [0.15, 0.2) is 0 Å². The van der Waals surface area contributed by atoms with Crippen molar-refractivity contribution in [1.82, 2.24) is 14.7 Å². The summed E-state index contributed by atoms with van der Waals surface area (Å²) in [5.41, 5.74) is 3.66. The molecule has 1 aliphatic carbocycles. The molecule has 154 valence electrons. The molecule has 1 atom stereocenters. The first-order valence-corrected chi connectivity index (χ1v) is 10.4. The zero-order valence-electron chi connectivity index (χ0n) is 17.1. The van der Waals surface area contributed by atoms with Crippen LogP contribution in [0.5, 0.6) is 5.75 Å². The minimum Gasteiger partial charge on any atom is -0.497 e. The Hall–Kier alpha value is -2.54. The summed E-state index contributed by atoms with van der Waals surface area (Å²) in [5.74, 6) is 1.94. The number of carbonyl (C=O) groups is 1. The van der Waals surface area contributed by atoms with Crippen molar-refractivity contribution in [3.05, 3.63) is 41.1 Å². The van der Waals surface area contributed by atoms with Gasteiger partial charge < -0.3 is 14.4 Å². The molecule has 1 aromatic heterocycles. The molecule has 2 fully saturated rings. The molecular formula is C22H28N4O3. The molecule has 3 heterocycles. The zero-order valence-corrected chi connectivity index (χ0v) is 17.1. The van der Waals surface area contributed by atoms with Crippen LogP contribution in [0, 0.1) is 0 Å². The fourth-order valence-electron chi connectivity index (χ4n) is 4.72. The average Bonchev–Trinajstić information content (AvgIpc) is 3.42. The largest absolute Gasteiger partial charge is 0.497 e. The molecule has 1 spiro atoms. The molecule has 2 aromatic rings. The van der Waals surface area contributed by atoms with E-state index in [9.17, 15) is 4.79 Å². The van der Waals surface area contributed by atoms with E-state index in [2.05, 4.69) is 22.5 Å². The van der Waals surface area contributed by atoms with E-state index in [0.29, 0.717) is 19.1 Å². The predicted molar refractivity (Wildman–Crippen MR) is 109 cm³/mol. The Labute approximate surface area is 171 Å². The van der Waals surface area contributed by atoms with Crippen LogP contribution in [0.4, 0.5) is 10.6 Å². The molecule has 1 saturated carbocycles.